The van der Waals surface area contributed by atoms with Crippen molar-refractivity contribution in [2.24, 2.45) is 0 Å². The first-order valence-corrected chi connectivity index (χ1v) is 7.54. The summed E-state index contributed by atoms with van der Waals surface area (Å²) in [5.41, 5.74) is -1.21. The zero-order valence-electron chi connectivity index (χ0n) is 12.2. The van der Waals surface area contributed by atoms with Crippen molar-refractivity contribution in [3.63, 3.8) is 0 Å². The second-order valence-electron chi connectivity index (χ2n) is 4.78. The van der Waals surface area contributed by atoms with Crippen molar-refractivity contribution in [3.05, 3.63) is 41.4 Å². The van der Waals surface area contributed by atoms with Gasteiger partial charge >= 0.3 is 5.97 Å². The summed E-state index contributed by atoms with van der Waals surface area (Å²) in [7, 11) is 0. The zero-order chi connectivity index (χ0) is 16.0. The Bertz CT molecular complexity index is 535. The number of esters is 1. The highest BCUT2D eigenvalue weighted by molar-refractivity contribution is 9.09. The molecular weight excluding hydrogens is 343 g/mol. The van der Waals surface area contributed by atoms with Crippen LogP contribution in [0.1, 0.15) is 26.3 Å². The van der Waals surface area contributed by atoms with Gasteiger partial charge in [0.15, 0.2) is 11.6 Å². The lowest BCUT2D eigenvalue weighted by molar-refractivity contribution is -0.137. The monoisotopic (exact) mass is 360 g/mol. The van der Waals surface area contributed by atoms with Gasteiger partial charge in [-0.05, 0) is 26.8 Å². The van der Waals surface area contributed by atoms with Crippen LogP contribution in [0.25, 0.3) is 0 Å². The number of aliphatic hydroxyl groups is 1. The summed E-state index contributed by atoms with van der Waals surface area (Å²) in [4.78, 5) is 11.4. The Balaban J connectivity index is 3.04. The van der Waals surface area contributed by atoms with Gasteiger partial charge in [-0.1, -0.05) is 28.1 Å². The van der Waals surface area contributed by atoms with Gasteiger partial charge in [-0.25, -0.2) is 9.18 Å². The molecular formula is C15H18BrFO4. The molecule has 116 valence electrons. The predicted molar refractivity (Wildman–Crippen MR) is 80.8 cm³/mol. The summed E-state index contributed by atoms with van der Waals surface area (Å²) in [6.45, 7) is 4.89. The van der Waals surface area contributed by atoms with E-state index in [-0.39, 0.29) is 29.0 Å². The number of ether oxygens (including phenoxy) is 2. The summed E-state index contributed by atoms with van der Waals surface area (Å²) in [5, 5.41) is 10.1. The average molecular weight is 361 g/mol. The first-order chi connectivity index (χ1) is 9.79. The summed E-state index contributed by atoms with van der Waals surface area (Å²) >= 11 is 3.16. The van der Waals surface area contributed by atoms with E-state index in [0.29, 0.717) is 0 Å². The standard InChI is InChI=1S/C15H18BrFO4/c1-4-20-13(18)8-10(9-16)21-12-7-5-6-11(14(12)17)15(2,3)19/h5-8,19H,4,9H2,1-3H3. The number of halogens is 2. The largest absolute Gasteiger partial charge is 0.463 e. The van der Waals surface area contributed by atoms with Crippen LogP contribution in [0.5, 0.6) is 5.75 Å². The van der Waals surface area contributed by atoms with Crippen LogP contribution in [-0.4, -0.2) is 23.0 Å². The van der Waals surface area contributed by atoms with Gasteiger partial charge in [0.05, 0.1) is 23.6 Å². The van der Waals surface area contributed by atoms with Crippen molar-refractivity contribution in [2.45, 2.75) is 26.4 Å². The summed E-state index contributed by atoms with van der Waals surface area (Å²) in [6.07, 6.45) is 1.15. The molecule has 4 nitrogen and oxygen atoms in total. The van der Waals surface area contributed by atoms with Crippen molar-refractivity contribution in [1.29, 1.82) is 0 Å². The molecule has 21 heavy (non-hydrogen) atoms. The van der Waals surface area contributed by atoms with E-state index in [1.54, 1.807) is 13.0 Å². The van der Waals surface area contributed by atoms with Gasteiger partial charge in [-0.3, -0.25) is 0 Å². The topological polar surface area (TPSA) is 55.8 Å². The molecule has 0 atom stereocenters. The Hall–Kier alpha value is -1.40. The SMILES string of the molecule is CCOC(=O)C=C(CBr)Oc1cccc(C(C)(C)O)c1F. The van der Waals surface area contributed by atoms with Crippen LogP contribution in [0.4, 0.5) is 4.39 Å². The molecule has 0 unspecified atom stereocenters. The van der Waals surface area contributed by atoms with Crippen molar-refractivity contribution in [1.82, 2.24) is 0 Å². The van der Waals surface area contributed by atoms with Crippen LogP contribution < -0.4 is 4.74 Å². The maximum Gasteiger partial charge on any atom is 0.334 e. The smallest absolute Gasteiger partial charge is 0.334 e. The number of rotatable bonds is 6. The molecule has 0 saturated carbocycles. The third kappa shape index (κ3) is 5.13. The fraction of sp³-hybridized carbons (Fsp3) is 0.400. The number of hydrogen-bond donors (Lipinski definition) is 1. The van der Waals surface area contributed by atoms with E-state index in [2.05, 4.69) is 15.9 Å². The molecule has 0 aliphatic carbocycles. The van der Waals surface area contributed by atoms with Crippen LogP contribution in [0.3, 0.4) is 0 Å². The summed E-state index contributed by atoms with van der Waals surface area (Å²) in [5.74, 6) is -1.09. The molecule has 1 aromatic carbocycles. The maximum atomic E-state index is 14.3. The molecule has 0 aromatic heterocycles. The van der Waals surface area contributed by atoms with E-state index in [4.69, 9.17) is 9.47 Å². The minimum atomic E-state index is -1.33. The Morgan fingerprint density at radius 3 is 2.67 bits per heavy atom. The molecule has 0 heterocycles. The summed E-state index contributed by atoms with van der Waals surface area (Å²) in [6, 6.07) is 4.47. The number of allylic oxidation sites excluding steroid dienone is 1. The Kier molecular flexibility index (Phi) is 6.36. The van der Waals surface area contributed by atoms with E-state index in [0.717, 1.165) is 6.08 Å². The summed E-state index contributed by atoms with van der Waals surface area (Å²) < 4.78 is 24.5. The van der Waals surface area contributed by atoms with E-state index in [1.165, 1.54) is 26.0 Å². The molecule has 0 spiro atoms. The van der Waals surface area contributed by atoms with Crippen LogP contribution in [-0.2, 0) is 15.1 Å². The second kappa shape index (κ2) is 7.56. The zero-order valence-corrected chi connectivity index (χ0v) is 13.7. The van der Waals surface area contributed by atoms with Crippen molar-refractivity contribution in [3.8, 4) is 5.75 Å². The van der Waals surface area contributed by atoms with Gasteiger partial charge in [0.1, 0.15) is 5.76 Å². The third-order valence-electron chi connectivity index (χ3n) is 2.56. The molecule has 1 aromatic rings. The van der Waals surface area contributed by atoms with Crippen LogP contribution in [0.15, 0.2) is 30.0 Å². The molecule has 6 heteroatoms. The third-order valence-corrected chi connectivity index (χ3v) is 3.11. The van der Waals surface area contributed by atoms with Crippen LogP contribution in [0.2, 0.25) is 0 Å². The Labute approximate surface area is 131 Å². The number of hydrogen-bond acceptors (Lipinski definition) is 4. The fourth-order valence-electron chi connectivity index (χ4n) is 1.61. The molecule has 1 N–H and O–H groups in total. The van der Waals surface area contributed by atoms with Crippen molar-refractivity contribution in [2.75, 3.05) is 11.9 Å². The predicted octanol–water partition coefficient (Wildman–Crippen LogP) is 3.27. The number of alkyl halides is 1. The highest BCUT2D eigenvalue weighted by Gasteiger charge is 2.23. The Morgan fingerprint density at radius 2 is 2.14 bits per heavy atom. The second-order valence-corrected chi connectivity index (χ2v) is 5.34. The Morgan fingerprint density at radius 1 is 1.48 bits per heavy atom. The first-order valence-electron chi connectivity index (χ1n) is 6.42. The molecule has 0 aliphatic heterocycles. The van der Waals surface area contributed by atoms with Crippen LogP contribution >= 0.6 is 15.9 Å². The van der Waals surface area contributed by atoms with Crippen LogP contribution in [0, 0.1) is 5.82 Å². The molecule has 0 radical (unpaired) electrons. The average Bonchev–Trinajstić information content (AvgIpc) is 2.39. The van der Waals surface area contributed by atoms with E-state index in [1.807, 2.05) is 0 Å². The van der Waals surface area contributed by atoms with Gasteiger partial charge in [0.25, 0.3) is 0 Å². The first kappa shape index (κ1) is 17.7. The maximum absolute atomic E-state index is 14.3. The van der Waals surface area contributed by atoms with E-state index in [9.17, 15) is 14.3 Å². The molecule has 0 bridgehead atoms. The van der Waals surface area contributed by atoms with Crippen molar-refractivity contribution >= 4 is 21.9 Å². The van der Waals surface area contributed by atoms with Crippen molar-refractivity contribution < 1.29 is 23.8 Å². The van der Waals surface area contributed by atoms with Gasteiger partial charge < -0.3 is 14.6 Å². The minimum absolute atomic E-state index is 0.0652. The normalized spacial score (nSPS) is 12.2. The van der Waals surface area contributed by atoms with Gasteiger partial charge in [0.2, 0.25) is 0 Å². The lowest BCUT2D eigenvalue weighted by Gasteiger charge is -2.20. The number of carbonyl (C=O) groups excluding carboxylic acids is 1. The molecule has 0 fully saturated rings. The van der Waals surface area contributed by atoms with Gasteiger partial charge in [-0.2, -0.15) is 0 Å². The van der Waals surface area contributed by atoms with E-state index < -0.39 is 17.4 Å². The lowest BCUT2D eigenvalue weighted by atomic mass is 9.97. The lowest BCUT2D eigenvalue weighted by Crippen LogP contribution is -2.18. The molecule has 1 rings (SSSR count). The molecule has 0 amide bonds. The number of carbonyl (C=O) groups is 1. The minimum Gasteiger partial charge on any atom is -0.463 e. The quantitative estimate of drug-likeness (QED) is 0.366. The van der Waals surface area contributed by atoms with E-state index >= 15 is 0 Å². The highest BCUT2D eigenvalue weighted by atomic mass is 79.9. The fourth-order valence-corrected chi connectivity index (χ4v) is 1.89. The molecule has 0 aliphatic rings. The molecule has 0 saturated heterocycles. The number of benzene rings is 1. The van der Waals surface area contributed by atoms with Gasteiger partial charge in [-0.15, -0.1) is 0 Å². The van der Waals surface area contributed by atoms with Gasteiger partial charge in [0, 0.05) is 5.56 Å². The highest BCUT2D eigenvalue weighted by Crippen LogP contribution is 2.29.